The first-order valence-corrected chi connectivity index (χ1v) is 7.26. The second kappa shape index (κ2) is 7.32. The van der Waals surface area contributed by atoms with Crippen LogP contribution in [-0.4, -0.2) is 12.4 Å². The Bertz CT molecular complexity index is 476. The Morgan fingerprint density at radius 2 is 1.61 bits per heavy atom. The Morgan fingerprint density at radius 1 is 0.833 bits per heavy atom. The molecule has 0 radical (unpaired) electrons. The van der Waals surface area contributed by atoms with Crippen LogP contribution in [0.3, 0.4) is 0 Å². The van der Waals surface area contributed by atoms with Gasteiger partial charge in [-0.1, -0.05) is 49.2 Å². The molecule has 0 aliphatic heterocycles. The number of benzene rings is 2. The zero-order valence-corrected chi connectivity index (χ0v) is 11.5. The summed E-state index contributed by atoms with van der Waals surface area (Å²) >= 11 is 4.21. The molecule has 0 N–H and O–H groups in total. The van der Waals surface area contributed by atoms with Gasteiger partial charge in [0.1, 0.15) is 5.75 Å². The van der Waals surface area contributed by atoms with Crippen LogP contribution in [0.25, 0.3) is 10.8 Å². The third-order valence-electron chi connectivity index (χ3n) is 3.06. The summed E-state index contributed by atoms with van der Waals surface area (Å²) in [5, 5.41) is 2.44. The maximum absolute atomic E-state index is 5.88. The number of unbranched alkanes of at least 4 members (excludes halogenated alkanes) is 3. The third-order valence-corrected chi connectivity index (χ3v) is 3.38. The van der Waals surface area contributed by atoms with E-state index in [0.29, 0.717) is 0 Å². The molecule has 0 unspecified atom stereocenters. The van der Waals surface area contributed by atoms with E-state index in [1.54, 1.807) is 0 Å². The van der Waals surface area contributed by atoms with E-state index in [4.69, 9.17) is 4.74 Å². The molecular weight excluding hydrogens is 240 g/mol. The SMILES string of the molecule is SCCCCCCOc1cccc2ccccc12. The molecule has 2 aromatic rings. The maximum atomic E-state index is 5.88. The van der Waals surface area contributed by atoms with Gasteiger partial charge in [-0.2, -0.15) is 12.6 Å². The van der Waals surface area contributed by atoms with E-state index in [0.717, 1.165) is 24.5 Å². The predicted molar refractivity (Wildman–Crippen MR) is 81.8 cm³/mol. The predicted octanol–water partition coefficient (Wildman–Crippen LogP) is 4.71. The molecule has 0 saturated heterocycles. The van der Waals surface area contributed by atoms with E-state index in [1.165, 1.54) is 30.0 Å². The monoisotopic (exact) mass is 260 g/mol. The van der Waals surface area contributed by atoms with Crippen LogP contribution in [0, 0.1) is 0 Å². The summed E-state index contributed by atoms with van der Waals surface area (Å²) in [6.45, 7) is 0.806. The molecule has 18 heavy (non-hydrogen) atoms. The van der Waals surface area contributed by atoms with Crippen molar-refractivity contribution in [1.29, 1.82) is 0 Å². The first kappa shape index (κ1) is 13.3. The van der Waals surface area contributed by atoms with Crippen molar-refractivity contribution in [3.63, 3.8) is 0 Å². The summed E-state index contributed by atoms with van der Waals surface area (Å²) in [6.07, 6.45) is 4.81. The zero-order valence-electron chi connectivity index (χ0n) is 10.6. The Kier molecular flexibility index (Phi) is 5.40. The highest BCUT2D eigenvalue weighted by atomic mass is 32.1. The van der Waals surface area contributed by atoms with Crippen molar-refractivity contribution in [1.82, 2.24) is 0 Å². The zero-order chi connectivity index (χ0) is 12.6. The molecule has 2 rings (SSSR count). The van der Waals surface area contributed by atoms with Crippen LogP contribution in [0.5, 0.6) is 5.75 Å². The average molecular weight is 260 g/mol. The van der Waals surface area contributed by atoms with E-state index in [-0.39, 0.29) is 0 Å². The van der Waals surface area contributed by atoms with Crippen molar-refractivity contribution in [2.45, 2.75) is 25.7 Å². The van der Waals surface area contributed by atoms with Crippen LogP contribution in [0.2, 0.25) is 0 Å². The van der Waals surface area contributed by atoms with Crippen LogP contribution >= 0.6 is 12.6 Å². The van der Waals surface area contributed by atoms with Crippen molar-refractivity contribution in [3.8, 4) is 5.75 Å². The molecule has 0 saturated carbocycles. The highest BCUT2D eigenvalue weighted by molar-refractivity contribution is 7.80. The van der Waals surface area contributed by atoms with Gasteiger partial charge in [-0.15, -0.1) is 0 Å². The molecule has 0 atom stereocenters. The largest absolute Gasteiger partial charge is 0.493 e. The number of thiol groups is 1. The van der Waals surface area contributed by atoms with E-state index < -0.39 is 0 Å². The lowest BCUT2D eigenvalue weighted by Crippen LogP contribution is -1.97. The number of fused-ring (bicyclic) bond motifs is 1. The van der Waals surface area contributed by atoms with E-state index >= 15 is 0 Å². The molecule has 1 nitrogen and oxygen atoms in total. The lowest BCUT2D eigenvalue weighted by atomic mass is 10.1. The van der Waals surface area contributed by atoms with Gasteiger partial charge in [-0.3, -0.25) is 0 Å². The summed E-state index contributed by atoms with van der Waals surface area (Å²) in [7, 11) is 0. The van der Waals surface area contributed by atoms with Crippen LogP contribution in [-0.2, 0) is 0 Å². The van der Waals surface area contributed by atoms with Gasteiger partial charge in [0.15, 0.2) is 0 Å². The molecular formula is C16H20OS. The minimum absolute atomic E-state index is 0.806. The van der Waals surface area contributed by atoms with E-state index in [9.17, 15) is 0 Å². The van der Waals surface area contributed by atoms with Crippen LogP contribution in [0.4, 0.5) is 0 Å². The van der Waals surface area contributed by atoms with Gasteiger partial charge >= 0.3 is 0 Å². The first-order chi connectivity index (χ1) is 8.92. The Morgan fingerprint density at radius 3 is 2.50 bits per heavy atom. The lowest BCUT2D eigenvalue weighted by molar-refractivity contribution is 0.308. The maximum Gasteiger partial charge on any atom is 0.127 e. The summed E-state index contributed by atoms with van der Waals surface area (Å²) in [5.41, 5.74) is 0. The highest BCUT2D eigenvalue weighted by Crippen LogP contribution is 2.25. The Balaban J connectivity index is 1.88. The van der Waals surface area contributed by atoms with Gasteiger partial charge in [0.25, 0.3) is 0 Å². The quantitative estimate of drug-likeness (QED) is 0.560. The topological polar surface area (TPSA) is 9.23 Å². The Hall–Kier alpha value is -1.15. The van der Waals surface area contributed by atoms with Gasteiger partial charge in [-0.05, 0) is 30.0 Å². The number of hydrogen-bond acceptors (Lipinski definition) is 2. The van der Waals surface area contributed by atoms with Gasteiger partial charge in [0, 0.05) is 5.39 Å². The lowest BCUT2D eigenvalue weighted by Gasteiger charge is -2.09. The minimum Gasteiger partial charge on any atom is -0.493 e. The molecule has 96 valence electrons. The fraction of sp³-hybridized carbons (Fsp3) is 0.375. The van der Waals surface area contributed by atoms with Crippen LogP contribution < -0.4 is 4.74 Å². The molecule has 2 heteroatoms. The standard InChI is InChI=1S/C16H20OS/c18-13-6-2-1-5-12-17-16-11-7-9-14-8-3-4-10-15(14)16/h3-4,7-11,18H,1-2,5-6,12-13H2. The van der Waals surface area contributed by atoms with E-state index in [1.807, 2.05) is 0 Å². The Labute approximate surface area is 115 Å². The molecule has 2 aromatic carbocycles. The second-order valence-electron chi connectivity index (χ2n) is 4.46. The fourth-order valence-corrected chi connectivity index (χ4v) is 2.29. The molecule has 0 amide bonds. The number of hydrogen-bond donors (Lipinski definition) is 1. The molecule has 0 fully saturated rings. The van der Waals surface area contributed by atoms with Crippen LogP contribution in [0.1, 0.15) is 25.7 Å². The minimum atomic E-state index is 0.806. The van der Waals surface area contributed by atoms with Gasteiger partial charge in [0.05, 0.1) is 6.61 Å². The van der Waals surface area contributed by atoms with Crippen molar-refractivity contribution >= 4 is 23.4 Å². The summed E-state index contributed by atoms with van der Waals surface area (Å²) in [5.74, 6) is 1.99. The number of ether oxygens (including phenoxy) is 1. The smallest absolute Gasteiger partial charge is 0.127 e. The summed E-state index contributed by atoms with van der Waals surface area (Å²) in [4.78, 5) is 0. The van der Waals surface area contributed by atoms with Crippen LogP contribution in [0.15, 0.2) is 42.5 Å². The summed E-state index contributed by atoms with van der Waals surface area (Å²) in [6, 6.07) is 14.6. The molecule has 0 aromatic heterocycles. The molecule has 0 spiro atoms. The summed E-state index contributed by atoms with van der Waals surface area (Å²) < 4.78 is 5.88. The average Bonchev–Trinajstić information content (AvgIpc) is 2.43. The van der Waals surface area contributed by atoms with E-state index in [2.05, 4.69) is 55.1 Å². The highest BCUT2D eigenvalue weighted by Gasteiger charge is 2.00. The first-order valence-electron chi connectivity index (χ1n) is 6.63. The van der Waals surface area contributed by atoms with Crippen molar-refractivity contribution in [3.05, 3.63) is 42.5 Å². The normalized spacial score (nSPS) is 10.7. The third kappa shape index (κ3) is 3.67. The molecule has 0 heterocycles. The number of rotatable bonds is 7. The van der Waals surface area contributed by atoms with Gasteiger partial charge < -0.3 is 4.74 Å². The fourth-order valence-electron chi connectivity index (χ4n) is 2.07. The molecule has 0 aliphatic carbocycles. The van der Waals surface area contributed by atoms with Gasteiger partial charge in [0.2, 0.25) is 0 Å². The van der Waals surface area contributed by atoms with Gasteiger partial charge in [-0.25, -0.2) is 0 Å². The van der Waals surface area contributed by atoms with Crippen molar-refractivity contribution < 1.29 is 4.74 Å². The second-order valence-corrected chi connectivity index (χ2v) is 4.91. The van der Waals surface area contributed by atoms with Crippen molar-refractivity contribution in [2.75, 3.05) is 12.4 Å². The molecule has 0 aliphatic rings. The molecule has 0 bridgehead atoms. The van der Waals surface area contributed by atoms with Crippen molar-refractivity contribution in [2.24, 2.45) is 0 Å².